The molecule has 78 valence electrons. The number of carboxylic acids is 1. The summed E-state index contributed by atoms with van der Waals surface area (Å²) in [5, 5.41) is 8.65. The minimum Gasteiger partial charge on any atom is -0.481 e. The molecule has 0 radical (unpaired) electrons. The normalized spacial score (nSPS) is 24.2. The molecule has 1 aliphatic heterocycles. The predicted molar refractivity (Wildman–Crippen MR) is 49.6 cm³/mol. The van der Waals surface area contributed by atoms with Crippen molar-refractivity contribution in [2.45, 2.75) is 19.8 Å². The van der Waals surface area contributed by atoms with Crippen LogP contribution in [0.5, 0.6) is 0 Å². The zero-order valence-corrected chi connectivity index (χ0v) is 8.27. The van der Waals surface area contributed by atoms with E-state index in [0.29, 0.717) is 19.0 Å². The fourth-order valence-electron chi connectivity index (χ4n) is 1.90. The van der Waals surface area contributed by atoms with Gasteiger partial charge in [-0.25, -0.2) is 0 Å². The number of likely N-dealkylation sites (tertiary alicyclic amines) is 1. The molecule has 0 aromatic carbocycles. The second-order valence-electron chi connectivity index (χ2n) is 4.40. The highest BCUT2D eigenvalue weighted by molar-refractivity contribution is 5.82. The Morgan fingerprint density at radius 2 is 1.93 bits per heavy atom. The van der Waals surface area contributed by atoms with Gasteiger partial charge in [-0.1, -0.05) is 6.92 Å². The van der Waals surface area contributed by atoms with E-state index in [1.807, 2.05) is 6.92 Å². The van der Waals surface area contributed by atoms with Crippen LogP contribution in [0.4, 0.5) is 0 Å². The van der Waals surface area contributed by atoms with Gasteiger partial charge < -0.3 is 10.0 Å². The van der Waals surface area contributed by atoms with Crippen LogP contribution in [0.15, 0.2) is 0 Å². The number of carboxylic acid groups (broad SMARTS) is 1. The first-order chi connectivity index (χ1) is 6.59. The zero-order chi connectivity index (χ0) is 10.3. The lowest BCUT2D eigenvalue weighted by Gasteiger charge is -2.38. The largest absolute Gasteiger partial charge is 0.481 e. The first-order valence-corrected chi connectivity index (χ1v) is 5.11. The Hall–Kier alpha value is -1.06. The molecule has 2 fully saturated rings. The molecule has 14 heavy (non-hydrogen) atoms. The fraction of sp³-hybridized carbons (Fsp3) is 0.800. The second kappa shape index (κ2) is 3.26. The number of hydrogen-bond acceptors (Lipinski definition) is 2. The molecule has 1 N–H and O–H groups in total. The molecule has 0 bridgehead atoms. The first-order valence-electron chi connectivity index (χ1n) is 5.11. The lowest BCUT2D eigenvalue weighted by Crippen LogP contribution is -2.54. The van der Waals surface area contributed by atoms with Gasteiger partial charge in [-0.3, -0.25) is 9.59 Å². The van der Waals surface area contributed by atoms with Crippen molar-refractivity contribution in [3.63, 3.8) is 0 Å². The van der Waals surface area contributed by atoms with Crippen LogP contribution >= 0.6 is 0 Å². The third kappa shape index (κ3) is 1.61. The average Bonchev–Trinajstić information content (AvgIpc) is 2.81. The van der Waals surface area contributed by atoms with Gasteiger partial charge in [0.1, 0.15) is 0 Å². The number of rotatable bonds is 3. The molecular formula is C10H15NO3. The quantitative estimate of drug-likeness (QED) is 0.719. The van der Waals surface area contributed by atoms with E-state index in [4.69, 9.17) is 5.11 Å². The minimum atomic E-state index is -0.784. The van der Waals surface area contributed by atoms with Crippen LogP contribution in [0, 0.1) is 17.8 Å². The molecule has 1 atom stereocenters. The highest BCUT2D eigenvalue weighted by Crippen LogP contribution is 2.38. The summed E-state index contributed by atoms with van der Waals surface area (Å²) in [6.07, 6.45) is 2.31. The monoisotopic (exact) mass is 197 g/mol. The molecule has 1 saturated heterocycles. The topological polar surface area (TPSA) is 57.6 Å². The fourth-order valence-corrected chi connectivity index (χ4v) is 1.90. The molecule has 2 rings (SSSR count). The van der Waals surface area contributed by atoms with Crippen LogP contribution in [0.1, 0.15) is 19.8 Å². The molecule has 0 aromatic rings. The third-order valence-electron chi connectivity index (χ3n) is 3.26. The van der Waals surface area contributed by atoms with Crippen molar-refractivity contribution in [1.29, 1.82) is 0 Å². The maximum atomic E-state index is 11.7. The lowest BCUT2D eigenvalue weighted by atomic mass is 9.96. The Morgan fingerprint density at radius 1 is 1.36 bits per heavy atom. The molecule has 0 aromatic heterocycles. The second-order valence-corrected chi connectivity index (χ2v) is 4.40. The Kier molecular flexibility index (Phi) is 2.21. The van der Waals surface area contributed by atoms with E-state index in [9.17, 15) is 9.59 Å². The Bertz CT molecular complexity index is 267. The first kappa shape index (κ1) is 9.49. The summed E-state index contributed by atoms with van der Waals surface area (Å²) < 4.78 is 0. The average molecular weight is 197 g/mol. The summed E-state index contributed by atoms with van der Waals surface area (Å²) in [5.41, 5.74) is 0. The van der Waals surface area contributed by atoms with Gasteiger partial charge in [0, 0.05) is 19.0 Å². The van der Waals surface area contributed by atoms with Crippen molar-refractivity contribution in [3.8, 4) is 0 Å². The van der Waals surface area contributed by atoms with Crippen molar-refractivity contribution < 1.29 is 14.7 Å². The highest BCUT2D eigenvalue weighted by Gasteiger charge is 2.41. The zero-order valence-electron chi connectivity index (χ0n) is 8.27. The Balaban J connectivity index is 1.80. The van der Waals surface area contributed by atoms with Gasteiger partial charge in [0.2, 0.25) is 5.91 Å². The SMILES string of the molecule is CC(C(=O)N1CC(C(=O)O)C1)C1CC1. The maximum absolute atomic E-state index is 11.7. The molecule has 4 nitrogen and oxygen atoms in total. The molecule has 1 heterocycles. The number of hydrogen-bond donors (Lipinski definition) is 1. The summed E-state index contributed by atoms with van der Waals surface area (Å²) in [7, 11) is 0. The standard InChI is InChI=1S/C10H15NO3/c1-6(7-2-3-7)9(12)11-4-8(5-11)10(13)14/h6-8H,2-5H2,1H3,(H,13,14). The molecule has 1 amide bonds. The van der Waals surface area contributed by atoms with Crippen molar-refractivity contribution in [3.05, 3.63) is 0 Å². The molecule has 0 spiro atoms. The molecule has 1 unspecified atom stereocenters. The van der Waals surface area contributed by atoms with E-state index >= 15 is 0 Å². The molecule has 1 saturated carbocycles. The number of nitrogens with zero attached hydrogens (tertiary/aromatic N) is 1. The van der Waals surface area contributed by atoms with Crippen molar-refractivity contribution >= 4 is 11.9 Å². The van der Waals surface area contributed by atoms with Crippen LogP contribution in [0.2, 0.25) is 0 Å². The predicted octanol–water partition coefficient (Wildman–Crippen LogP) is 0.575. The van der Waals surface area contributed by atoms with Gasteiger partial charge in [-0.2, -0.15) is 0 Å². The van der Waals surface area contributed by atoms with Gasteiger partial charge in [0.15, 0.2) is 0 Å². The number of aliphatic carboxylic acids is 1. The molecule has 2 aliphatic rings. The summed E-state index contributed by atoms with van der Waals surface area (Å²) in [5.74, 6) is -0.306. The summed E-state index contributed by atoms with van der Waals surface area (Å²) >= 11 is 0. The van der Waals surface area contributed by atoms with Crippen molar-refractivity contribution in [1.82, 2.24) is 4.90 Å². The van der Waals surface area contributed by atoms with E-state index < -0.39 is 5.97 Å². The van der Waals surface area contributed by atoms with Crippen LogP contribution < -0.4 is 0 Å². The van der Waals surface area contributed by atoms with E-state index in [2.05, 4.69) is 0 Å². The van der Waals surface area contributed by atoms with E-state index in [1.165, 1.54) is 0 Å². The van der Waals surface area contributed by atoms with Gasteiger partial charge in [0.25, 0.3) is 0 Å². The maximum Gasteiger partial charge on any atom is 0.310 e. The van der Waals surface area contributed by atoms with Gasteiger partial charge in [0.05, 0.1) is 5.92 Å². The molecular weight excluding hydrogens is 182 g/mol. The van der Waals surface area contributed by atoms with E-state index in [1.54, 1.807) is 4.90 Å². The Morgan fingerprint density at radius 3 is 2.36 bits per heavy atom. The van der Waals surface area contributed by atoms with Gasteiger partial charge in [-0.05, 0) is 18.8 Å². The lowest BCUT2D eigenvalue weighted by molar-refractivity contribution is -0.154. The van der Waals surface area contributed by atoms with Crippen LogP contribution in [-0.4, -0.2) is 35.0 Å². The minimum absolute atomic E-state index is 0.102. The summed E-state index contributed by atoms with van der Waals surface area (Å²) in [6.45, 7) is 2.77. The number of carbonyl (C=O) groups excluding carboxylic acids is 1. The molecule has 1 aliphatic carbocycles. The van der Waals surface area contributed by atoms with E-state index in [-0.39, 0.29) is 17.7 Å². The highest BCUT2D eigenvalue weighted by atomic mass is 16.4. The van der Waals surface area contributed by atoms with Gasteiger partial charge in [-0.15, -0.1) is 0 Å². The summed E-state index contributed by atoms with van der Waals surface area (Å²) in [6, 6.07) is 0. The Labute approximate surface area is 82.9 Å². The van der Waals surface area contributed by atoms with Crippen molar-refractivity contribution in [2.75, 3.05) is 13.1 Å². The van der Waals surface area contributed by atoms with Crippen LogP contribution in [0.25, 0.3) is 0 Å². The van der Waals surface area contributed by atoms with Crippen LogP contribution in [-0.2, 0) is 9.59 Å². The smallest absolute Gasteiger partial charge is 0.310 e. The molecule has 4 heteroatoms. The third-order valence-corrected chi connectivity index (χ3v) is 3.26. The van der Waals surface area contributed by atoms with E-state index in [0.717, 1.165) is 12.8 Å². The van der Waals surface area contributed by atoms with Crippen molar-refractivity contribution in [2.24, 2.45) is 17.8 Å². The van der Waals surface area contributed by atoms with Crippen LogP contribution in [0.3, 0.4) is 0 Å². The summed E-state index contributed by atoms with van der Waals surface area (Å²) in [4.78, 5) is 23.9. The number of amides is 1. The number of carbonyl (C=O) groups is 2. The van der Waals surface area contributed by atoms with Gasteiger partial charge >= 0.3 is 5.97 Å².